The normalized spacial score (nSPS) is 11.4. The maximum Gasteiger partial charge on any atom is 0.357 e. The van der Waals surface area contributed by atoms with E-state index in [1.165, 1.54) is 11.4 Å². The minimum absolute atomic E-state index is 0.0810. The molecular formula is C16H14N2O4S2. The highest BCUT2D eigenvalue weighted by Gasteiger charge is 2.20. The van der Waals surface area contributed by atoms with Crippen molar-refractivity contribution in [2.75, 3.05) is 11.3 Å². The van der Waals surface area contributed by atoms with Gasteiger partial charge in [0.1, 0.15) is 0 Å². The van der Waals surface area contributed by atoms with Crippen LogP contribution in [0, 0.1) is 0 Å². The molecule has 0 saturated heterocycles. The Labute approximate surface area is 143 Å². The Bertz CT molecular complexity index is 991. The Morgan fingerprint density at radius 3 is 2.75 bits per heavy atom. The van der Waals surface area contributed by atoms with Crippen molar-refractivity contribution in [2.24, 2.45) is 0 Å². The third kappa shape index (κ3) is 3.24. The van der Waals surface area contributed by atoms with E-state index in [4.69, 9.17) is 4.74 Å². The van der Waals surface area contributed by atoms with Gasteiger partial charge >= 0.3 is 5.97 Å². The summed E-state index contributed by atoms with van der Waals surface area (Å²) >= 11 is 1.03. The zero-order valence-corrected chi connectivity index (χ0v) is 14.4. The summed E-state index contributed by atoms with van der Waals surface area (Å²) in [4.78, 5) is 15.7. The van der Waals surface area contributed by atoms with Crippen LogP contribution in [-0.4, -0.2) is 26.0 Å². The number of rotatable bonds is 5. The average molecular weight is 362 g/mol. The second-order valence-corrected chi connectivity index (χ2v) is 7.35. The van der Waals surface area contributed by atoms with E-state index in [1.807, 2.05) is 18.2 Å². The second kappa shape index (κ2) is 6.58. The number of hydrogen-bond acceptors (Lipinski definition) is 6. The molecule has 24 heavy (non-hydrogen) atoms. The number of aromatic nitrogens is 1. The molecule has 124 valence electrons. The number of thiazole rings is 1. The number of nitrogens with zero attached hydrogens (tertiary/aromatic N) is 1. The summed E-state index contributed by atoms with van der Waals surface area (Å²) in [5.41, 5.74) is 0.0810. The fraction of sp³-hybridized carbons (Fsp3) is 0.125. The summed E-state index contributed by atoms with van der Waals surface area (Å²) < 4.78 is 32.6. The van der Waals surface area contributed by atoms with Crippen LogP contribution in [0.2, 0.25) is 0 Å². The largest absolute Gasteiger partial charge is 0.461 e. The van der Waals surface area contributed by atoms with E-state index in [-0.39, 0.29) is 22.3 Å². The second-order valence-electron chi connectivity index (χ2n) is 4.84. The molecule has 1 N–H and O–H groups in total. The van der Waals surface area contributed by atoms with E-state index in [0.717, 1.165) is 16.7 Å². The van der Waals surface area contributed by atoms with Crippen molar-refractivity contribution in [1.82, 2.24) is 4.98 Å². The molecule has 0 spiro atoms. The Kier molecular flexibility index (Phi) is 4.50. The topological polar surface area (TPSA) is 85.4 Å². The molecule has 0 unspecified atom stereocenters. The van der Waals surface area contributed by atoms with Gasteiger partial charge in [0.2, 0.25) is 0 Å². The van der Waals surface area contributed by atoms with Gasteiger partial charge in [-0.05, 0) is 18.4 Å². The molecule has 3 aromatic rings. The summed E-state index contributed by atoms with van der Waals surface area (Å²) in [5.74, 6) is -0.579. The quantitative estimate of drug-likeness (QED) is 0.704. The van der Waals surface area contributed by atoms with Crippen LogP contribution in [0.15, 0.2) is 52.7 Å². The monoisotopic (exact) mass is 362 g/mol. The van der Waals surface area contributed by atoms with Crippen molar-refractivity contribution in [3.05, 3.63) is 53.5 Å². The highest BCUT2D eigenvalue weighted by atomic mass is 32.2. The lowest BCUT2D eigenvalue weighted by Gasteiger charge is -2.08. The standard InChI is InChI=1S/C16H14N2O4S2/c1-2-22-15(19)13-10-23-16(17-13)18-24(20,21)14-9-5-7-11-6-3-4-8-12(11)14/h3-10H,2H2,1H3,(H,17,18). The van der Waals surface area contributed by atoms with Gasteiger partial charge in [-0.25, -0.2) is 18.2 Å². The van der Waals surface area contributed by atoms with Gasteiger partial charge in [0, 0.05) is 10.8 Å². The number of carbonyl (C=O) groups is 1. The smallest absolute Gasteiger partial charge is 0.357 e. The first-order valence-electron chi connectivity index (χ1n) is 7.14. The third-order valence-electron chi connectivity index (χ3n) is 3.25. The number of sulfonamides is 1. The number of carbonyl (C=O) groups excluding carboxylic acids is 1. The maximum absolute atomic E-state index is 12.7. The molecule has 0 atom stereocenters. The number of esters is 1. The number of benzene rings is 2. The van der Waals surface area contributed by atoms with E-state index >= 15 is 0 Å². The summed E-state index contributed by atoms with van der Waals surface area (Å²) in [5, 5.41) is 3.02. The number of hydrogen-bond donors (Lipinski definition) is 1. The molecule has 8 heteroatoms. The lowest BCUT2D eigenvalue weighted by Crippen LogP contribution is -2.13. The molecule has 0 amide bonds. The van der Waals surface area contributed by atoms with Gasteiger partial charge in [-0.3, -0.25) is 4.72 Å². The van der Waals surface area contributed by atoms with Crippen molar-refractivity contribution in [2.45, 2.75) is 11.8 Å². The SMILES string of the molecule is CCOC(=O)c1csc(NS(=O)(=O)c2cccc3ccccc23)n1. The van der Waals surface area contributed by atoms with Crippen molar-refractivity contribution in [3.8, 4) is 0 Å². The maximum atomic E-state index is 12.7. The number of anilines is 1. The van der Waals surface area contributed by atoms with Gasteiger partial charge < -0.3 is 4.74 Å². The van der Waals surface area contributed by atoms with Gasteiger partial charge in [-0.1, -0.05) is 36.4 Å². The molecule has 0 aliphatic heterocycles. The molecule has 3 rings (SSSR count). The van der Waals surface area contributed by atoms with Gasteiger partial charge in [-0.2, -0.15) is 0 Å². The van der Waals surface area contributed by atoms with Gasteiger partial charge in [0.05, 0.1) is 11.5 Å². The zero-order chi connectivity index (χ0) is 17.2. The number of fused-ring (bicyclic) bond motifs is 1. The number of nitrogens with one attached hydrogen (secondary N) is 1. The van der Waals surface area contributed by atoms with Crippen LogP contribution in [0.1, 0.15) is 17.4 Å². The first-order valence-corrected chi connectivity index (χ1v) is 9.51. The Morgan fingerprint density at radius 1 is 1.21 bits per heavy atom. The Balaban J connectivity index is 1.93. The van der Waals surface area contributed by atoms with Crippen LogP contribution in [0.3, 0.4) is 0 Å². The minimum Gasteiger partial charge on any atom is -0.461 e. The molecule has 1 aromatic heterocycles. The molecule has 0 fully saturated rings. The van der Waals surface area contributed by atoms with Crippen LogP contribution in [0.25, 0.3) is 10.8 Å². The molecule has 0 bridgehead atoms. The van der Waals surface area contributed by atoms with Gasteiger partial charge in [0.15, 0.2) is 10.8 Å². The van der Waals surface area contributed by atoms with E-state index in [1.54, 1.807) is 25.1 Å². The molecular weight excluding hydrogens is 348 g/mol. The predicted octanol–water partition coefficient (Wildman–Crippen LogP) is 3.27. The van der Waals surface area contributed by atoms with Crippen molar-refractivity contribution in [1.29, 1.82) is 0 Å². The first-order chi connectivity index (χ1) is 11.5. The fourth-order valence-corrected chi connectivity index (χ4v) is 4.38. The predicted molar refractivity (Wildman–Crippen MR) is 92.8 cm³/mol. The van der Waals surface area contributed by atoms with Gasteiger partial charge in [-0.15, -0.1) is 11.3 Å². The summed E-state index contributed by atoms with van der Waals surface area (Å²) in [6.07, 6.45) is 0. The molecule has 1 heterocycles. The van der Waals surface area contributed by atoms with E-state index in [0.29, 0.717) is 5.39 Å². The molecule has 0 aliphatic carbocycles. The van der Waals surface area contributed by atoms with Crippen LogP contribution in [0.4, 0.5) is 5.13 Å². The molecule has 0 aliphatic rings. The summed E-state index contributed by atoms with van der Waals surface area (Å²) in [6.45, 7) is 1.92. The highest BCUT2D eigenvalue weighted by molar-refractivity contribution is 7.93. The van der Waals surface area contributed by atoms with E-state index in [2.05, 4.69) is 9.71 Å². The highest BCUT2D eigenvalue weighted by Crippen LogP contribution is 2.26. The zero-order valence-electron chi connectivity index (χ0n) is 12.7. The van der Waals surface area contributed by atoms with Crippen molar-refractivity contribution in [3.63, 3.8) is 0 Å². The van der Waals surface area contributed by atoms with Crippen LogP contribution in [-0.2, 0) is 14.8 Å². The summed E-state index contributed by atoms with van der Waals surface area (Å²) in [6, 6.07) is 12.3. The van der Waals surface area contributed by atoms with E-state index in [9.17, 15) is 13.2 Å². The third-order valence-corrected chi connectivity index (χ3v) is 5.53. The van der Waals surface area contributed by atoms with Gasteiger partial charge in [0.25, 0.3) is 10.0 Å². The lowest BCUT2D eigenvalue weighted by molar-refractivity contribution is 0.0520. The average Bonchev–Trinajstić information content (AvgIpc) is 3.02. The molecule has 0 radical (unpaired) electrons. The summed E-state index contributed by atoms with van der Waals surface area (Å²) in [7, 11) is -3.82. The minimum atomic E-state index is -3.82. The fourth-order valence-electron chi connectivity index (χ4n) is 2.22. The van der Waals surface area contributed by atoms with E-state index < -0.39 is 16.0 Å². The molecule has 0 saturated carbocycles. The molecule has 2 aromatic carbocycles. The lowest BCUT2D eigenvalue weighted by atomic mass is 10.1. The Morgan fingerprint density at radius 2 is 1.96 bits per heavy atom. The Hall–Kier alpha value is -2.45. The van der Waals surface area contributed by atoms with Crippen molar-refractivity contribution >= 4 is 43.2 Å². The van der Waals surface area contributed by atoms with Crippen LogP contribution < -0.4 is 4.72 Å². The van der Waals surface area contributed by atoms with Crippen LogP contribution in [0.5, 0.6) is 0 Å². The van der Waals surface area contributed by atoms with Crippen molar-refractivity contribution < 1.29 is 17.9 Å². The molecule has 6 nitrogen and oxygen atoms in total. The first kappa shape index (κ1) is 16.4. The van der Waals surface area contributed by atoms with Crippen LogP contribution >= 0.6 is 11.3 Å². The number of ether oxygens (including phenoxy) is 1.